The first-order valence-electron chi connectivity index (χ1n) is 12.1. The molecule has 0 aromatic heterocycles. The Bertz CT molecular complexity index is 1250. The highest BCUT2D eigenvalue weighted by Gasteiger charge is 2.27. The van der Waals surface area contributed by atoms with Gasteiger partial charge in [0, 0.05) is 17.2 Å². The van der Waals surface area contributed by atoms with Gasteiger partial charge in [-0.2, -0.15) is 11.8 Å². The van der Waals surface area contributed by atoms with Gasteiger partial charge in [0.1, 0.15) is 12.3 Å². The molecular formula is C28H34N2O4S3. The van der Waals surface area contributed by atoms with Gasteiger partial charge in [-0.1, -0.05) is 29.8 Å². The molecule has 0 bridgehead atoms. The Hall–Kier alpha value is -2.62. The van der Waals surface area contributed by atoms with E-state index in [1.807, 2.05) is 24.9 Å². The number of carbonyl (C=O) groups is 1. The van der Waals surface area contributed by atoms with Crippen LogP contribution >= 0.6 is 23.5 Å². The van der Waals surface area contributed by atoms with E-state index in [4.69, 9.17) is 4.74 Å². The first-order chi connectivity index (χ1) is 17.8. The van der Waals surface area contributed by atoms with Gasteiger partial charge in [-0.3, -0.25) is 9.10 Å². The minimum atomic E-state index is -3.95. The summed E-state index contributed by atoms with van der Waals surface area (Å²) in [6.07, 6.45) is 2.73. The van der Waals surface area contributed by atoms with Crippen molar-refractivity contribution in [1.29, 1.82) is 0 Å². The molecule has 0 saturated carbocycles. The van der Waals surface area contributed by atoms with Gasteiger partial charge in [0.05, 0.1) is 17.2 Å². The molecule has 0 aliphatic carbocycles. The number of anilines is 1. The molecule has 0 unspecified atom stereocenters. The molecule has 37 heavy (non-hydrogen) atoms. The van der Waals surface area contributed by atoms with Gasteiger partial charge in [0.2, 0.25) is 5.91 Å². The highest BCUT2D eigenvalue weighted by atomic mass is 32.2. The molecule has 0 fully saturated rings. The van der Waals surface area contributed by atoms with Crippen molar-refractivity contribution < 1.29 is 17.9 Å². The van der Waals surface area contributed by atoms with E-state index in [1.54, 1.807) is 48.5 Å². The third-order valence-corrected chi connectivity index (χ3v) is 9.16. The van der Waals surface area contributed by atoms with E-state index < -0.39 is 10.0 Å². The average Bonchev–Trinajstić information content (AvgIpc) is 2.90. The Balaban J connectivity index is 1.62. The largest absolute Gasteiger partial charge is 0.494 e. The summed E-state index contributed by atoms with van der Waals surface area (Å²) in [5, 5.41) is 2.88. The Morgan fingerprint density at radius 3 is 2.41 bits per heavy atom. The standard InChI is InChI=1S/C28H34N2O4S3/c1-4-34-25-11-9-24(10-12-25)30(37(32,33)27-15-13-26(35-3)14-16-27)20-28(31)29-17-6-18-36-21-23-8-5-7-22(2)19-23/h5,7-16,19H,4,6,17-18,20-21H2,1-3H3,(H,29,31). The number of aryl methyl sites for hydroxylation is 1. The van der Waals surface area contributed by atoms with Crippen LogP contribution in [0.5, 0.6) is 5.75 Å². The predicted molar refractivity (Wildman–Crippen MR) is 155 cm³/mol. The maximum atomic E-state index is 13.6. The summed E-state index contributed by atoms with van der Waals surface area (Å²) in [4.78, 5) is 13.9. The number of sulfonamides is 1. The van der Waals surface area contributed by atoms with Crippen molar-refractivity contribution in [2.75, 3.05) is 36.0 Å². The van der Waals surface area contributed by atoms with Crippen molar-refractivity contribution in [2.24, 2.45) is 0 Å². The van der Waals surface area contributed by atoms with Crippen LogP contribution in [0, 0.1) is 6.92 Å². The molecule has 1 amide bonds. The van der Waals surface area contributed by atoms with Crippen LogP contribution in [0.25, 0.3) is 0 Å². The lowest BCUT2D eigenvalue weighted by atomic mass is 10.2. The van der Waals surface area contributed by atoms with Crippen LogP contribution in [0.15, 0.2) is 82.6 Å². The number of ether oxygens (including phenoxy) is 1. The molecule has 0 atom stereocenters. The molecule has 3 aromatic carbocycles. The summed E-state index contributed by atoms with van der Waals surface area (Å²) < 4.78 is 33.8. The molecular weight excluding hydrogens is 525 g/mol. The highest BCUT2D eigenvalue weighted by Crippen LogP contribution is 2.27. The first-order valence-corrected chi connectivity index (χ1v) is 15.9. The summed E-state index contributed by atoms with van der Waals surface area (Å²) in [6, 6.07) is 21.9. The molecule has 1 N–H and O–H groups in total. The zero-order valence-electron chi connectivity index (χ0n) is 21.5. The molecule has 0 spiro atoms. The Morgan fingerprint density at radius 2 is 1.76 bits per heavy atom. The molecule has 3 aromatic rings. The van der Waals surface area contributed by atoms with E-state index in [2.05, 4.69) is 36.5 Å². The summed E-state index contributed by atoms with van der Waals surface area (Å²) in [6.45, 7) is 4.65. The van der Waals surface area contributed by atoms with Crippen LogP contribution in [0.4, 0.5) is 5.69 Å². The number of rotatable bonds is 14. The fraction of sp³-hybridized carbons (Fsp3) is 0.321. The van der Waals surface area contributed by atoms with Crippen molar-refractivity contribution in [3.05, 3.63) is 83.9 Å². The van der Waals surface area contributed by atoms with Gasteiger partial charge in [-0.25, -0.2) is 8.42 Å². The number of amides is 1. The van der Waals surface area contributed by atoms with E-state index >= 15 is 0 Å². The Morgan fingerprint density at radius 1 is 1.03 bits per heavy atom. The molecule has 0 aliphatic rings. The van der Waals surface area contributed by atoms with Gasteiger partial charge in [-0.05, 0) is 86.4 Å². The van der Waals surface area contributed by atoms with E-state index in [-0.39, 0.29) is 17.3 Å². The number of nitrogens with zero attached hydrogens (tertiary/aromatic N) is 1. The number of benzene rings is 3. The van der Waals surface area contributed by atoms with Crippen LogP contribution in [0.1, 0.15) is 24.5 Å². The van der Waals surface area contributed by atoms with E-state index in [0.29, 0.717) is 24.6 Å². The summed E-state index contributed by atoms with van der Waals surface area (Å²) >= 11 is 3.35. The molecule has 0 aliphatic heterocycles. The van der Waals surface area contributed by atoms with Gasteiger partial charge >= 0.3 is 0 Å². The number of nitrogens with one attached hydrogen (secondary N) is 1. The van der Waals surface area contributed by atoms with E-state index in [9.17, 15) is 13.2 Å². The predicted octanol–water partition coefficient (Wildman–Crippen LogP) is 5.75. The third kappa shape index (κ3) is 8.72. The maximum absolute atomic E-state index is 13.6. The molecule has 0 radical (unpaired) electrons. The number of carbonyl (C=O) groups excluding carboxylic acids is 1. The molecule has 9 heteroatoms. The second-order valence-electron chi connectivity index (χ2n) is 8.36. The number of hydrogen-bond donors (Lipinski definition) is 1. The SMILES string of the molecule is CCOc1ccc(N(CC(=O)NCCCSCc2cccc(C)c2)S(=O)(=O)c2ccc(SC)cc2)cc1. The normalized spacial score (nSPS) is 11.2. The quantitative estimate of drug-likeness (QED) is 0.201. The van der Waals surface area contributed by atoms with Crippen molar-refractivity contribution in [3.8, 4) is 5.75 Å². The van der Waals surface area contributed by atoms with Crippen LogP contribution in [0.2, 0.25) is 0 Å². The minimum absolute atomic E-state index is 0.138. The lowest BCUT2D eigenvalue weighted by Crippen LogP contribution is -2.41. The fourth-order valence-electron chi connectivity index (χ4n) is 3.65. The molecule has 6 nitrogen and oxygen atoms in total. The zero-order chi connectivity index (χ0) is 26.7. The van der Waals surface area contributed by atoms with Gasteiger partial charge in [0.25, 0.3) is 10.0 Å². The number of hydrogen-bond acceptors (Lipinski definition) is 6. The Labute approximate surface area is 229 Å². The third-order valence-electron chi connectivity index (χ3n) is 5.51. The number of thioether (sulfide) groups is 2. The minimum Gasteiger partial charge on any atom is -0.494 e. The van der Waals surface area contributed by atoms with Crippen molar-refractivity contribution >= 4 is 45.1 Å². The fourth-order valence-corrected chi connectivity index (χ4v) is 6.38. The van der Waals surface area contributed by atoms with E-state index in [1.165, 1.54) is 22.9 Å². The smallest absolute Gasteiger partial charge is 0.264 e. The van der Waals surface area contributed by atoms with Crippen LogP contribution in [-0.2, 0) is 20.6 Å². The van der Waals surface area contributed by atoms with Crippen LogP contribution in [-0.4, -0.2) is 46.0 Å². The van der Waals surface area contributed by atoms with Crippen molar-refractivity contribution in [2.45, 2.75) is 35.8 Å². The average molecular weight is 559 g/mol. The zero-order valence-corrected chi connectivity index (χ0v) is 23.9. The van der Waals surface area contributed by atoms with Crippen LogP contribution < -0.4 is 14.4 Å². The van der Waals surface area contributed by atoms with Gasteiger partial charge in [0.15, 0.2) is 0 Å². The first kappa shape index (κ1) is 28.9. The maximum Gasteiger partial charge on any atom is 0.264 e. The summed E-state index contributed by atoms with van der Waals surface area (Å²) in [7, 11) is -3.95. The van der Waals surface area contributed by atoms with Crippen LogP contribution in [0.3, 0.4) is 0 Å². The van der Waals surface area contributed by atoms with Crippen molar-refractivity contribution in [1.82, 2.24) is 5.32 Å². The van der Waals surface area contributed by atoms with Gasteiger partial charge < -0.3 is 10.1 Å². The molecule has 198 valence electrons. The second-order valence-corrected chi connectivity index (χ2v) is 12.2. The topological polar surface area (TPSA) is 75.7 Å². The molecule has 0 heterocycles. The van der Waals surface area contributed by atoms with Crippen molar-refractivity contribution in [3.63, 3.8) is 0 Å². The lowest BCUT2D eigenvalue weighted by Gasteiger charge is -2.24. The second kappa shape index (κ2) is 14.4. The highest BCUT2D eigenvalue weighted by molar-refractivity contribution is 7.98. The molecule has 3 rings (SSSR count). The van der Waals surface area contributed by atoms with Gasteiger partial charge in [-0.15, -0.1) is 11.8 Å². The summed E-state index contributed by atoms with van der Waals surface area (Å²) in [5.41, 5.74) is 2.94. The van der Waals surface area contributed by atoms with E-state index in [0.717, 1.165) is 27.1 Å². The Kier molecular flexibility index (Phi) is 11.2. The monoisotopic (exact) mass is 558 g/mol. The summed E-state index contributed by atoms with van der Waals surface area (Å²) in [5.74, 6) is 2.12. The molecule has 0 saturated heterocycles. The lowest BCUT2D eigenvalue weighted by molar-refractivity contribution is -0.119.